The largest absolute Gasteiger partial charge is 0.493 e. The molecule has 0 saturated heterocycles. The number of benzene rings is 1. The van der Waals surface area contributed by atoms with Crippen molar-refractivity contribution in [2.45, 2.75) is 13.8 Å². The Kier molecular flexibility index (Phi) is 5.47. The molecule has 23 heavy (non-hydrogen) atoms. The molecule has 122 valence electrons. The molecule has 0 aliphatic rings. The summed E-state index contributed by atoms with van der Waals surface area (Å²) in [5, 5.41) is 17.8. The first-order chi connectivity index (χ1) is 11.0. The molecule has 0 aliphatic carbocycles. The van der Waals surface area contributed by atoms with Crippen molar-refractivity contribution >= 4 is 28.4 Å². The zero-order valence-corrected chi connectivity index (χ0v) is 13.7. The van der Waals surface area contributed by atoms with Crippen LogP contribution in [0.5, 0.6) is 11.5 Å². The fraction of sp³-hybridized carbons (Fsp3) is 0.286. The Morgan fingerprint density at radius 2 is 2.30 bits per heavy atom. The third-order valence-electron chi connectivity index (χ3n) is 2.76. The molecule has 2 aromatic rings. The second kappa shape index (κ2) is 7.54. The maximum Gasteiger partial charge on any atom is 0.315 e. The first kappa shape index (κ1) is 16.7. The van der Waals surface area contributed by atoms with Gasteiger partial charge in [0.15, 0.2) is 5.75 Å². The summed E-state index contributed by atoms with van der Waals surface area (Å²) in [6.45, 7) is 3.93. The average Bonchev–Trinajstić information content (AvgIpc) is 2.93. The highest BCUT2D eigenvalue weighted by molar-refractivity contribution is 7.13. The number of methoxy groups -OCH3 is 1. The minimum absolute atomic E-state index is 0.112. The first-order valence-electron chi connectivity index (χ1n) is 6.75. The van der Waals surface area contributed by atoms with Crippen LogP contribution in [-0.4, -0.2) is 29.8 Å². The van der Waals surface area contributed by atoms with Crippen LogP contribution >= 0.6 is 11.3 Å². The molecule has 0 amide bonds. The van der Waals surface area contributed by atoms with Crippen LogP contribution in [0.1, 0.15) is 18.2 Å². The Balaban J connectivity index is 2.27. The Labute approximate surface area is 136 Å². The lowest BCUT2D eigenvalue weighted by Crippen LogP contribution is -2.02. The quantitative estimate of drug-likeness (QED) is 0.473. The molecule has 0 radical (unpaired) electrons. The fourth-order valence-electron chi connectivity index (χ4n) is 1.83. The van der Waals surface area contributed by atoms with E-state index in [0.717, 1.165) is 5.69 Å². The normalized spacial score (nSPS) is 10.7. The topological polar surface area (TPSA) is 98.9 Å². The van der Waals surface area contributed by atoms with Crippen molar-refractivity contribution in [2.75, 3.05) is 19.1 Å². The third kappa shape index (κ3) is 4.16. The number of hydrogen-bond acceptors (Lipinski definition) is 8. The number of nitrogens with zero attached hydrogens (tertiary/aromatic N) is 3. The van der Waals surface area contributed by atoms with Crippen LogP contribution in [0.4, 0.5) is 10.8 Å². The van der Waals surface area contributed by atoms with Crippen molar-refractivity contribution < 1.29 is 14.4 Å². The van der Waals surface area contributed by atoms with Gasteiger partial charge in [-0.25, -0.2) is 4.98 Å². The van der Waals surface area contributed by atoms with Crippen LogP contribution in [0.25, 0.3) is 0 Å². The fourth-order valence-corrected chi connectivity index (χ4v) is 2.46. The van der Waals surface area contributed by atoms with Crippen molar-refractivity contribution in [1.82, 2.24) is 4.98 Å². The number of nitro benzene ring substituents is 1. The Hall–Kier alpha value is -2.68. The highest BCUT2D eigenvalue weighted by atomic mass is 32.1. The van der Waals surface area contributed by atoms with Gasteiger partial charge in [0.25, 0.3) is 0 Å². The summed E-state index contributed by atoms with van der Waals surface area (Å²) in [7, 11) is 1.43. The number of nitro groups is 1. The lowest BCUT2D eigenvalue weighted by molar-refractivity contribution is -0.385. The van der Waals surface area contributed by atoms with Gasteiger partial charge in [0, 0.05) is 17.0 Å². The van der Waals surface area contributed by atoms with Crippen molar-refractivity contribution in [3.8, 4) is 11.5 Å². The number of aromatic nitrogens is 1. The van der Waals surface area contributed by atoms with Crippen LogP contribution in [0.3, 0.4) is 0 Å². The molecule has 1 aromatic carbocycles. The molecule has 8 nitrogen and oxygen atoms in total. The number of thiazole rings is 1. The number of rotatable bonds is 7. The molecule has 9 heteroatoms. The number of ether oxygens (including phenoxy) is 2. The highest BCUT2D eigenvalue weighted by Gasteiger charge is 2.21. The molecule has 0 saturated carbocycles. The van der Waals surface area contributed by atoms with E-state index in [1.807, 2.05) is 12.3 Å². The van der Waals surface area contributed by atoms with E-state index in [2.05, 4.69) is 15.5 Å². The molecule has 0 aliphatic heterocycles. The van der Waals surface area contributed by atoms with Crippen LogP contribution in [0.2, 0.25) is 0 Å². The van der Waals surface area contributed by atoms with Crippen LogP contribution in [0.15, 0.2) is 22.6 Å². The average molecular weight is 336 g/mol. The summed E-state index contributed by atoms with van der Waals surface area (Å²) in [6, 6.07) is 3.00. The predicted octanol–water partition coefficient (Wildman–Crippen LogP) is 3.21. The molecule has 1 N–H and O–H groups in total. The molecule has 0 bridgehead atoms. The lowest BCUT2D eigenvalue weighted by atomic mass is 10.2. The maximum absolute atomic E-state index is 11.2. The Morgan fingerprint density at radius 3 is 2.87 bits per heavy atom. The van der Waals surface area contributed by atoms with Crippen molar-refractivity contribution in [1.29, 1.82) is 0 Å². The molecule has 0 atom stereocenters. The summed E-state index contributed by atoms with van der Waals surface area (Å²) < 4.78 is 10.5. The van der Waals surface area contributed by atoms with E-state index >= 15 is 0 Å². The van der Waals surface area contributed by atoms with Crippen LogP contribution < -0.4 is 14.9 Å². The first-order valence-corrected chi connectivity index (χ1v) is 7.63. The molecule has 1 heterocycles. The van der Waals surface area contributed by atoms with Gasteiger partial charge in [-0.3, -0.25) is 15.5 Å². The number of aryl methyl sites for hydroxylation is 1. The van der Waals surface area contributed by atoms with Gasteiger partial charge in [0.1, 0.15) is 0 Å². The number of anilines is 1. The minimum Gasteiger partial charge on any atom is -0.493 e. The van der Waals surface area contributed by atoms with Crippen molar-refractivity contribution in [3.05, 3.63) is 38.9 Å². The summed E-state index contributed by atoms with van der Waals surface area (Å²) >= 11 is 1.42. The van der Waals surface area contributed by atoms with E-state index in [-0.39, 0.29) is 17.2 Å². The van der Waals surface area contributed by atoms with Crippen LogP contribution in [-0.2, 0) is 0 Å². The second-order valence-corrected chi connectivity index (χ2v) is 5.28. The van der Waals surface area contributed by atoms with E-state index in [1.165, 1.54) is 30.7 Å². The van der Waals surface area contributed by atoms with Gasteiger partial charge >= 0.3 is 5.69 Å². The molecule has 0 fully saturated rings. The van der Waals surface area contributed by atoms with E-state index in [4.69, 9.17) is 9.47 Å². The molecule has 0 unspecified atom stereocenters. The van der Waals surface area contributed by atoms with Crippen molar-refractivity contribution in [2.24, 2.45) is 5.10 Å². The SMILES string of the molecule is CCOc1c(OC)cc(/C=N\Nc2nc(C)cs2)cc1[N+](=O)[O-]. The van der Waals surface area contributed by atoms with Crippen molar-refractivity contribution in [3.63, 3.8) is 0 Å². The van der Waals surface area contributed by atoms with Crippen LogP contribution in [0, 0.1) is 17.0 Å². The van der Waals surface area contributed by atoms with Gasteiger partial charge in [0.2, 0.25) is 10.9 Å². The zero-order valence-electron chi connectivity index (χ0n) is 12.9. The minimum atomic E-state index is -0.511. The second-order valence-electron chi connectivity index (χ2n) is 4.43. The standard InChI is InChI=1S/C14H16N4O4S/c1-4-22-13-11(18(19)20)5-10(6-12(13)21-3)7-15-17-14-16-9(2)8-23-14/h5-8H,4H2,1-3H3,(H,16,17)/b15-7-. The summed E-state index contributed by atoms with van der Waals surface area (Å²) in [5.41, 5.74) is 4.01. The third-order valence-corrected chi connectivity index (χ3v) is 3.62. The summed E-state index contributed by atoms with van der Waals surface area (Å²) in [5.74, 6) is 0.397. The van der Waals surface area contributed by atoms with Gasteiger partial charge in [-0.1, -0.05) is 0 Å². The van der Waals surface area contributed by atoms with Gasteiger partial charge in [-0.15, -0.1) is 11.3 Å². The summed E-state index contributed by atoms with van der Waals surface area (Å²) in [4.78, 5) is 14.9. The molecule has 0 spiro atoms. The van der Waals surface area contributed by atoms with Gasteiger partial charge in [-0.2, -0.15) is 5.10 Å². The zero-order chi connectivity index (χ0) is 16.8. The number of hydrazone groups is 1. The Morgan fingerprint density at radius 1 is 1.52 bits per heavy atom. The smallest absolute Gasteiger partial charge is 0.315 e. The molecular formula is C14H16N4O4S. The van der Waals surface area contributed by atoms with Gasteiger partial charge in [0.05, 0.1) is 30.5 Å². The Bertz CT molecular complexity index is 730. The van der Waals surface area contributed by atoms with E-state index in [0.29, 0.717) is 17.3 Å². The van der Waals surface area contributed by atoms with E-state index < -0.39 is 4.92 Å². The number of nitrogens with one attached hydrogen (secondary N) is 1. The van der Waals surface area contributed by atoms with E-state index in [1.54, 1.807) is 13.0 Å². The monoisotopic (exact) mass is 336 g/mol. The molecule has 1 aromatic heterocycles. The lowest BCUT2D eigenvalue weighted by Gasteiger charge is -2.10. The predicted molar refractivity (Wildman–Crippen MR) is 88.9 cm³/mol. The molecular weight excluding hydrogens is 320 g/mol. The van der Waals surface area contributed by atoms with Gasteiger partial charge in [-0.05, 0) is 19.9 Å². The summed E-state index contributed by atoms with van der Waals surface area (Å²) in [6.07, 6.45) is 1.46. The maximum atomic E-state index is 11.2. The van der Waals surface area contributed by atoms with Gasteiger partial charge < -0.3 is 9.47 Å². The molecule has 2 rings (SSSR count). The highest BCUT2D eigenvalue weighted by Crippen LogP contribution is 2.37. The van der Waals surface area contributed by atoms with E-state index in [9.17, 15) is 10.1 Å². The number of hydrogen-bond donors (Lipinski definition) is 1.